The van der Waals surface area contributed by atoms with E-state index in [0.717, 1.165) is 11.3 Å². The molecular formula is C30H38FN3O5. The highest BCUT2D eigenvalue weighted by Crippen LogP contribution is 2.42. The van der Waals surface area contributed by atoms with Crippen LogP contribution in [0.1, 0.15) is 74.5 Å². The van der Waals surface area contributed by atoms with Gasteiger partial charge in [0.25, 0.3) is 0 Å². The number of ether oxygens (including phenoxy) is 3. The molecule has 2 aromatic carbocycles. The average Bonchev–Trinajstić information content (AvgIpc) is 3.20. The van der Waals surface area contributed by atoms with Crippen molar-refractivity contribution in [3.05, 3.63) is 46.3 Å². The first-order chi connectivity index (χ1) is 18.5. The summed E-state index contributed by atoms with van der Waals surface area (Å²) >= 11 is 0. The van der Waals surface area contributed by atoms with E-state index in [2.05, 4.69) is 25.7 Å². The second kappa shape index (κ2) is 11.2. The van der Waals surface area contributed by atoms with Gasteiger partial charge in [-0.15, -0.1) is 0 Å². The van der Waals surface area contributed by atoms with Crippen molar-refractivity contribution in [3.8, 4) is 17.2 Å². The van der Waals surface area contributed by atoms with Gasteiger partial charge in [0, 0.05) is 43.6 Å². The molecule has 2 aromatic rings. The quantitative estimate of drug-likeness (QED) is 0.442. The number of Topliss-reactive ketones (excluding diaryl/α,β-unsaturated/α-hetero) is 2. The summed E-state index contributed by atoms with van der Waals surface area (Å²) in [5, 5.41) is 8.69. The number of hydrogen-bond donors (Lipinski definition) is 1. The Hall–Kier alpha value is -3.62. The molecule has 4 rings (SSSR count). The highest BCUT2D eigenvalue weighted by Gasteiger charge is 2.34. The highest BCUT2D eigenvalue weighted by atomic mass is 19.1. The number of methoxy groups -OCH3 is 1. The maximum absolute atomic E-state index is 15.5. The Bertz CT molecular complexity index is 1290. The van der Waals surface area contributed by atoms with Crippen molar-refractivity contribution in [2.75, 3.05) is 44.9 Å². The van der Waals surface area contributed by atoms with Crippen LogP contribution >= 0.6 is 0 Å². The van der Waals surface area contributed by atoms with Gasteiger partial charge in [-0.3, -0.25) is 15.0 Å². The van der Waals surface area contributed by atoms with Gasteiger partial charge in [0.05, 0.1) is 38.1 Å². The van der Waals surface area contributed by atoms with Gasteiger partial charge in [-0.2, -0.15) is 0 Å². The molecule has 210 valence electrons. The van der Waals surface area contributed by atoms with Gasteiger partial charge < -0.3 is 24.0 Å². The molecule has 0 amide bonds. The molecule has 0 radical (unpaired) electrons. The molecule has 9 heteroatoms. The molecule has 0 aliphatic carbocycles. The number of fused-ring (bicyclic) bond motifs is 1. The molecule has 0 atom stereocenters. The Morgan fingerprint density at radius 2 is 1.72 bits per heavy atom. The lowest BCUT2D eigenvalue weighted by molar-refractivity contribution is -0.119. The van der Waals surface area contributed by atoms with Crippen LogP contribution in [-0.4, -0.2) is 62.3 Å². The average molecular weight is 540 g/mol. The monoisotopic (exact) mass is 539 g/mol. The summed E-state index contributed by atoms with van der Waals surface area (Å²) in [6.07, 6.45) is 0.906. The van der Waals surface area contributed by atoms with E-state index in [0.29, 0.717) is 55.2 Å². The summed E-state index contributed by atoms with van der Waals surface area (Å²) in [5.74, 6) is 0.331. The van der Waals surface area contributed by atoms with Crippen LogP contribution in [0.25, 0.3) is 0 Å². The highest BCUT2D eigenvalue weighted by molar-refractivity contribution is 6.06. The number of rotatable bonds is 9. The molecule has 0 saturated carbocycles. The van der Waals surface area contributed by atoms with Gasteiger partial charge in [-0.1, -0.05) is 20.8 Å². The van der Waals surface area contributed by atoms with Crippen LogP contribution in [0.15, 0.2) is 18.2 Å². The maximum atomic E-state index is 15.5. The molecule has 8 nitrogen and oxygen atoms in total. The summed E-state index contributed by atoms with van der Waals surface area (Å²) in [4.78, 5) is 29.2. The number of nitrogens with one attached hydrogen (secondary N) is 1. The fraction of sp³-hybridized carbons (Fsp3) is 0.500. The van der Waals surface area contributed by atoms with E-state index < -0.39 is 5.82 Å². The molecule has 0 bridgehead atoms. The third kappa shape index (κ3) is 5.58. The zero-order valence-electron chi connectivity index (χ0n) is 23.7. The van der Waals surface area contributed by atoms with Crippen molar-refractivity contribution in [2.45, 2.75) is 59.4 Å². The molecule has 1 saturated heterocycles. The minimum atomic E-state index is -0.640. The predicted molar refractivity (Wildman–Crippen MR) is 148 cm³/mol. The number of carbonyl (C=O) groups excluding carboxylic acids is 2. The minimum absolute atomic E-state index is 0.00865. The molecule has 0 unspecified atom stereocenters. The van der Waals surface area contributed by atoms with Crippen molar-refractivity contribution >= 4 is 23.1 Å². The van der Waals surface area contributed by atoms with Crippen LogP contribution in [0.5, 0.6) is 17.2 Å². The fourth-order valence-corrected chi connectivity index (χ4v) is 5.20. The zero-order valence-corrected chi connectivity index (χ0v) is 23.7. The molecule has 1 fully saturated rings. The molecule has 2 aliphatic rings. The largest absolute Gasteiger partial charge is 0.494 e. The molecule has 1 N–H and O–H groups in total. The molecular weight excluding hydrogens is 501 g/mol. The van der Waals surface area contributed by atoms with Gasteiger partial charge in [-0.25, -0.2) is 4.39 Å². The van der Waals surface area contributed by atoms with E-state index in [9.17, 15) is 9.59 Å². The third-order valence-corrected chi connectivity index (χ3v) is 7.17. The van der Waals surface area contributed by atoms with E-state index in [-0.39, 0.29) is 53.8 Å². The number of benzene rings is 2. The van der Waals surface area contributed by atoms with E-state index in [1.54, 1.807) is 25.0 Å². The van der Waals surface area contributed by atoms with Crippen LogP contribution in [-0.2, 0) is 16.8 Å². The van der Waals surface area contributed by atoms with Crippen molar-refractivity contribution in [2.24, 2.45) is 0 Å². The van der Waals surface area contributed by atoms with Gasteiger partial charge in [0.15, 0.2) is 23.1 Å². The lowest BCUT2D eigenvalue weighted by atomic mass is 9.84. The van der Waals surface area contributed by atoms with Gasteiger partial charge >= 0.3 is 0 Å². The maximum Gasteiger partial charge on any atom is 0.197 e. The van der Waals surface area contributed by atoms with Gasteiger partial charge in [0.1, 0.15) is 17.4 Å². The number of piperidine rings is 1. The lowest BCUT2D eigenvalue weighted by Gasteiger charge is -2.33. The number of ketones is 2. The van der Waals surface area contributed by atoms with Crippen LogP contribution < -0.4 is 19.1 Å². The first-order valence-electron chi connectivity index (χ1n) is 13.5. The normalized spacial score (nSPS) is 15.5. The molecule has 2 aliphatic heterocycles. The van der Waals surface area contributed by atoms with Crippen LogP contribution in [0, 0.1) is 11.2 Å². The second-order valence-electron chi connectivity index (χ2n) is 10.9. The molecule has 2 heterocycles. The summed E-state index contributed by atoms with van der Waals surface area (Å²) in [6, 6.07) is 5.38. The number of hydrogen-bond acceptors (Lipinski definition) is 7. The minimum Gasteiger partial charge on any atom is -0.494 e. The second-order valence-corrected chi connectivity index (χ2v) is 10.9. The Balaban J connectivity index is 1.67. The summed E-state index contributed by atoms with van der Waals surface area (Å²) < 4.78 is 32.4. The Morgan fingerprint density at radius 1 is 1.05 bits per heavy atom. The molecule has 39 heavy (non-hydrogen) atoms. The fourth-order valence-electron chi connectivity index (χ4n) is 5.20. The van der Waals surface area contributed by atoms with E-state index in [4.69, 9.17) is 19.6 Å². The van der Waals surface area contributed by atoms with Crippen LogP contribution in [0.2, 0.25) is 0 Å². The van der Waals surface area contributed by atoms with E-state index in [1.165, 1.54) is 0 Å². The van der Waals surface area contributed by atoms with Crippen LogP contribution in [0.4, 0.5) is 10.1 Å². The smallest absolute Gasteiger partial charge is 0.197 e. The summed E-state index contributed by atoms with van der Waals surface area (Å²) in [6.45, 7) is 11.6. The number of nitrogens with zero attached hydrogens (tertiary/aromatic N) is 2. The topological polar surface area (TPSA) is 92.2 Å². The number of amidine groups is 1. The Kier molecular flexibility index (Phi) is 8.18. The summed E-state index contributed by atoms with van der Waals surface area (Å²) in [7, 11) is 1.62. The summed E-state index contributed by atoms with van der Waals surface area (Å²) in [5.41, 5.74) is 2.57. The van der Waals surface area contributed by atoms with Gasteiger partial charge in [0.2, 0.25) is 0 Å². The number of carbonyl (C=O) groups is 2. The van der Waals surface area contributed by atoms with Crippen molar-refractivity contribution in [1.82, 2.24) is 4.90 Å². The standard InChI is InChI=1S/C30H38FN3O5/c1-7-38-24-15-19-16-34(29(32)25(19)26(31)28(24)39-8-2)17-23(36)18-13-21(30(3,4)5)27(37-6)22(14-18)33-11-9-20(35)10-12-33/h13-15,32H,7-12,16-17H2,1-6H3. The Labute approximate surface area is 229 Å². The Morgan fingerprint density at radius 3 is 2.31 bits per heavy atom. The predicted octanol–water partition coefficient (Wildman–Crippen LogP) is 5.12. The van der Waals surface area contributed by atoms with Crippen molar-refractivity contribution in [3.63, 3.8) is 0 Å². The lowest BCUT2D eigenvalue weighted by Crippen LogP contribution is -2.35. The number of halogens is 1. The van der Waals surface area contributed by atoms with Crippen molar-refractivity contribution in [1.29, 1.82) is 5.41 Å². The third-order valence-electron chi connectivity index (χ3n) is 7.17. The SMILES string of the molecule is CCOc1cc2c(c(F)c1OCC)C(=N)N(CC(=O)c1cc(N3CCC(=O)CC3)c(OC)c(C(C)(C)C)c1)C2. The van der Waals surface area contributed by atoms with E-state index in [1.807, 2.05) is 19.1 Å². The molecule has 0 spiro atoms. The number of anilines is 1. The van der Waals surface area contributed by atoms with Crippen molar-refractivity contribution < 1.29 is 28.2 Å². The van der Waals surface area contributed by atoms with Crippen LogP contribution in [0.3, 0.4) is 0 Å². The zero-order chi connectivity index (χ0) is 28.5. The van der Waals surface area contributed by atoms with Gasteiger partial charge in [-0.05, 0) is 43.0 Å². The molecule has 0 aromatic heterocycles. The van der Waals surface area contributed by atoms with E-state index >= 15 is 4.39 Å². The first-order valence-corrected chi connectivity index (χ1v) is 13.5. The first kappa shape index (κ1) is 28.4.